The first kappa shape index (κ1) is 14.6. The maximum absolute atomic E-state index is 13.1. The fourth-order valence-electron chi connectivity index (χ4n) is 2.36. The Bertz CT molecular complexity index is 533. The third kappa shape index (κ3) is 4.09. The molecule has 1 unspecified atom stereocenters. The summed E-state index contributed by atoms with van der Waals surface area (Å²) in [7, 11) is 0. The fraction of sp³-hybridized carbons (Fsp3) is 0.333. The standard InChI is InChI=1S/C18H22FN/c1-3-4-8-18(15-9-11-16(19)12-10-15)20-17-7-5-6-14(2)13-17/h5-7,9-13,18,20H,3-4,8H2,1-2H3. The van der Waals surface area contributed by atoms with E-state index in [1.54, 1.807) is 0 Å². The van der Waals surface area contributed by atoms with Crippen molar-refractivity contribution >= 4 is 5.69 Å². The van der Waals surface area contributed by atoms with Gasteiger partial charge in [-0.1, -0.05) is 44.0 Å². The summed E-state index contributed by atoms with van der Waals surface area (Å²) in [4.78, 5) is 0. The van der Waals surface area contributed by atoms with Crippen LogP contribution in [0.1, 0.15) is 43.4 Å². The van der Waals surface area contributed by atoms with Gasteiger partial charge in [0.15, 0.2) is 0 Å². The minimum absolute atomic E-state index is 0.182. The van der Waals surface area contributed by atoms with Crippen LogP contribution in [0, 0.1) is 12.7 Å². The number of nitrogens with one attached hydrogen (secondary N) is 1. The van der Waals surface area contributed by atoms with Crippen LogP contribution in [0.2, 0.25) is 0 Å². The highest BCUT2D eigenvalue weighted by molar-refractivity contribution is 5.47. The lowest BCUT2D eigenvalue weighted by Gasteiger charge is -2.20. The Labute approximate surface area is 120 Å². The van der Waals surface area contributed by atoms with E-state index in [9.17, 15) is 4.39 Å². The SMILES string of the molecule is CCCCC(Nc1cccc(C)c1)c1ccc(F)cc1. The average Bonchev–Trinajstić information content (AvgIpc) is 2.44. The lowest BCUT2D eigenvalue weighted by molar-refractivity contribution is 0.616. The quantitative estimate of drug-likeness (QED) is 0.733. The van der Waals surface area contributed by atoms with Crippen molar-refractivity contribution in [2.45, 2.75) is 39.2 Å². The molecule has 0 saturated carbocycles. The number of benzene rings is 2. The molecule has 0 bridgehead atoms. The number of hydrogen-bond donors (Lipinski definition) is 1. The van der Waals surface area contributed by atoms with Crippen molar-refractivity contribution in [3.05, 3.63) is 65.5 Å². The van der Waals surface area contributed by atoms with Crippen LogP contribution in [0.25, 0.3) is 0 Å². The molecule has 0 amide bonds. The van der Waals surface area contributed by atoms with Gasteiger partial charge in [-0.3, -0.25) is 0 Å². The monoisotopic (exact) mass is 271 g/mol. The van der Waals surface area contributed by atoms with Gasteiger partial charge < -0.3 is 5.32 Å². The van der Waals surface area contributed by atoms with Gasteiger partial charge in [0.2, 0.25) is 0 Å². The van der Waals surface area contributed by atoms with Crippen molar-refractivity contribution in [2.75, 3.05) is 5.32 Å². The van der Waals surface area contributed by atoms with Crippen molar-refractivity contribution < 1.29 is 4.39 Å². The third-order valence-electron chi connectivity index (χ3n) is 3.48. The Kier molecular flexibility index (Phi) is 5.16. The van der Waals surface area contributed by atoms with Gasteiger partial charge in [0.25, 0.3) is 0 Å². The Balaban J connectivity index is 2.16. The molecule has 0 aromatic heterocycles. The molecule has 0 saturated heterocycles. The van der Waals surface area contributed by atoms with Crippen molar-refractivity contribution in [3.63, 3.8) is 0 Å². The predicted molar refractivity (Wildman–Crippen MR) is 83.5 cm³/mol. The second kappa shape index (κ2) is 7.09. The zero-order chi connectivity index (χ0) is 14.4. The molecule has 2 aromatic rings. The number of halogens is 1. The largest absolute Gasteiger partial charge is 0.378 e. The molecule has 0 radical (unpaired) electrons. The molecule has 0 heterocycles. The van der Waals surface area contributed by atoms with Gasteiger partial charge in [0, 0.05) is 5.69 Å². The number of aryl methyl sites for hydroxylation is 1. The molecular formula is C18H22FN. The Morgan fingerprint density at radius 2 is 1.85 bits per heavy atom. The predicted octanol–water partition coefficient (Wildman–Crippen LogP) is 5.48. The van der Waals surface area contributed by atoms with Crippen LogP contribution in [0.5, 0.6) is 0 Å². The Hall–Kier alpha value is -1.83. The van der Waals surface area contributed by atoms with E-state index in [4.69, 9.17) is 0 Å². The van der Waals surface area contributed by atoms with Crippen molar-refractivity contribution in [3.8, 4) is 0 Å². The molecule has 2 rings (SSSR count). The number of unbranched alkanes of at least 4 members (excludes halogenated alkanes) is 1. The first-order valence-corrected chi connectivity index (χ1v) is 7.27. The van der Waals surface area contributed by atoms with Crippen molar-refractivity contribution in [1.29, 1.82) is 0 Å². The summed E-state index contributed by atoms with van der Waals surface area (Å²) in [6, 6.07) is 15.4. The minimum Gasteiger partial charge on any atom is -0.378 e. The molecular weight excluding hydrogens is 249 g/mol. The lowest BCUT2D eigenvalue weighted by Crippen LogP contribution is -2.11. The van der Waals surface area contributed by atoms with E-state index in [-0.39, 0.29) is 11.9 Å². The van der Waals surface area contributed by atoms with Crippen LogP contribution in [-0.2, 0) is 0 Å². The van der Waals surface area contributed by atoms with Crippen LogP contribution < -0.4 is 5.32 Å². The van der Waals surface area contributed by atoms with E-state index in [0.29, 0.717) is 0 Å². The molecule has 20 heavy (non-hydrogen) atoms. The zero-order valence-corrected chi connectivity index (χ0v) is 12.2. The van der Waals surface area contributed by atoms with Gasteiger partial charge in [0.05, 0.1) is 6.04 Å². The molecule has 1 nitrogen and oxygen atoms in total. The molecule has 0 fully saturated rings. The summed E-state index contributed by atoms with van der Waals surface area (Å²) in [5.41, 5.74) is 3.50. The van der Waals surface area contributed by atoms with E-state index in [1.165, 1.54) is 17.7 Å². The second-order valence-electron chi connectivity index (χ2n) is 5.26. The Morgan fingerprint density at radius 1 is 1.10 bits per heavy atom. The maximum Gasteiger partial charge on any atom is 0.123 e. The molecule has 106 valence electrons. The summed E-state index contributed by atoms with van der Waals surface area (Å²) in [5.74, 6) is -0.182. The summed E-state index contributed by atoms with van der Waals surface area (Å²) < 4.78 is 13.1. The summed E-state index contributed by atoms with van der Waals surface area (Å²) in [6.45, 7) is 4.28. The van der Waals surface area contributed by atoms with Gasteiger partial charge >= 0.3 is 0 Å². The van der Waals surface area contributed by atoms with Crippen LogP contribution >= 0.6 is 0 Å². The number of hydrogen-bond acceptors (Lipinski definition) is 1. The molecule has 2 heteroatoms. The molecule has 0 aliphatic carbocycles. The lowest BCUT2D eigenvalue weighted by atomic mass is 10.0. The number of rotatable bonds is 6. The van der Waals surface area contributed by atoms with E-state index < -0.39 is 0 Å². The van der Waals surface area contributed by atoms with Gasteiger partial charge in [0.1, 0.15) is 5.82 Å². The van der Waals surface area contributed by atoms with E-state index >= 15 is 0 Å². The van der Waals surface area contributed by atoms with Crippen LogP contribution in [0.4, 0.5) is 10.1 Å². The van der Waals surface area contributed by atoms with Gasteiger partial charge in [-0.2, -0.15) is 0 Å². The first-order chi connectivity index (χ1) is 9.69. The highest BCUT2D eigenvalue weighted by atomic mass is 19.1. The maximum atomic E-state index is 13.1. The first-order valence-electron chi connectivity index (χ1n) is 7.27. The third-order valence-corrected chi connectivity index (χ3v) is 3.48. The van der Waals surface area contributed by atoms with E-state index in [1.807, 2.05) is 12.1 Å². The topological polar surface area (TPSA) is 12.0 Å². The summed E-state index contributed by atoms with van der Waals surface area (Å²) >= 11 is 0. The highest BCUT2D eigenvalue weighted by Gasteiger charge is 2.11. The second-order valence-corrected chi connectivity index (χ2v) is 5.26. The zero-order valence-electron chi connectivity index (χ0n) is 12.2. The molecule has 0 spiro atoms. The molecule has 1 N–H and O–H groups in total. The van der Waals surface area contributed by atoms with Gasteiger partial charge in [-0.25, -0.2) is 4.39 Å². The highest BCUT2D eigenvalue weighted by Crippen LogP contribution is 2.25. The normalized spacial score (nSPS) is 12.2. The van der Waals surface area contributed by atoms with Gasteiger partial charge in [-0.05, 0) is 48.7 Å². The average molecular weight is 271 g/mol. The van der Waals surface area contributed by atoms with Crippen molar-refractivity contribution in [2.24, 2.45) is 0 Å². The summed E-state index contributed by atoms with van der Waals surface area (Å²) in [6.07, 6.45) is 3.37. The molecule has 0 aliphatic rings. The Morgan fingerprint density at radius 3 is 2.50 bits per heavy atom. The minimum atomic E-state index is -0.182. The summed E-state index contributed by atoms with van der Waals surface area (Å²) in [5, 5.41) is 3.57. The fourth-order valence-corrected chi connectivity index (χ4v) is 2.36. The molecule has 2 aromatic carbocycles. The molecule has 1 atom stereocenters. The van der Waals surface area contributed by atoms with Crippen LogP contribution in [0.15, 0.2) is 48.5 Å². The van der Waals surface area contributed by atoms with Gasteiger partial charge in [-0.15, -0.1) is 0 Å². The number of anilines is 1. The molecule has 0 aliphatic heterocycles. The van der Waals surface area contributed by atoms with Crippen LogP contribution in [0.3, 0.4) is 0 Å². The van der Waals surface area contributed by atoms with Crippen molar-refractivity contribution in [1.82, 2.24) is 0 Å². The van der Waals surface area contributed by atoms with E-state index in [2.05, 4.69) is 43.4 Å². The van der Waals surface area contributed by atoms with E-state index in [0.717, 1.165) is 30.5 Å². The smallest absolute Gasteiger partial charge is 0.123 e. The van der Waals surface area contributed by atoms with Crippen LogP contribution in [-0.4, -0.2) is 0 Å².